The van der Waals surface area contributed by atoms with Crippen molar-refractivity contribution < 1.29 is 13.2 Å². The maximum absolute atomic E-state index is 13.1. The van der Waals surface area contributed by atoms with Crippen LogP contribution >= 0.6 is 0 Å². The molecule has 0 spiro atoms. The number of rotatable bonds is 0. The van der Waals surface area contributed by atoms with Gasteiger partial charge in [0.15, 0.2) is 11.6 Å². The summed E-state index contributed by atoms with van der Waals surface area (Å²) in [7, 11) is 0. The maximum Gasteiger partial charge on any atom is 0.180 e. The third-order valence-electron chi connectivity index (χ3n) is 1.78. The monoisotopic (exact) mass is 196 g/mol. The van der Waals surface area contributed by atoms with E-state index >= 15 is 0 Å². The first-order chi connectivity index (χ1) is 6.54. The van der Waals surface area contributed by atoms with Gasteiger partial charge in [-0.05, 0) is 6.92 Å². The van der Waals surface area contributed by atoms with E-state index in [1.807, 2.05) is 0 Å². The van der Waals surface area contributed by atoms with Crippen LogP contribution < -0.4 is 0 Å². The number of benzene rings is 1. The van der Waals surface area contributed by atoms with Crippen molar-refractivity contribution in [3.8, 4) is 12.1 Å². The molecule has 5 heteroatoms. The van der Waals surface area contributed by atoms with Crippen LogP contribution in [-0.4, -0.2) is 0 Å². The summed E-state index contributed by atoms with van der Waals surface area (Å²) < 4.78 is 39.0. The Bertz CT molecular complexity index is 406. The molecule has 0 aliphatic rings. The normalized spacial score (nSPS) is 9.29. The second-order valence-corrected chi connectivity index (χ2v) is 2.54. The highest BCUT2D eigenvalue weighted by atomic mass is 19.2. The van der Waals surface area contributed by atoms with Crippen LogP contribution in [0.25, 0.3) is 0 Å². The van der Waals surface area contributed by atoms with E-state index in [-0.39, 0.29) is 5.56 Å². The first kappa shape index (κ1) is 10.1. The molecule has 0 bridgehead atoms. The highest BCUT2D eigenvalue weighted by Gasteiger charge is 2.22. The molecule has 0 aliphatic heterocycles. The van der Waals surface area contributed by atoms with Crippen LogP contribution in [0.15, 0.2) is 0 Å². The first-order valence-electron chi connectivity index (χ1n) is 3.51. The number of hydrogen-bond donors (Lipinski definition) is 0. The Labute approximate surface area is 77.8 Å². The van der Waals surface area contributed by atoms with Crippen molar-refractivity contribution in [2.24, 2.45) is 0 Å². The molecular weight excluding hydrogens is 193 g/mol. The van der Waals surface area contributed by atoms with Gasteiger partial charge in [-0.3, -0.25) is 0 Å². The fourth-order valence-corrected chi connectivity index (χ4v) is 1.01. The third kappa shape index (κ3) is 1.20. The minimum absolute atomic E-state index is 0.358. The minimum Gasteiger partial charge on any atom is -0.205 e. The predicted molar refractivity (Wildman–Crippen MR) is 40.5 cm³/mol. The lowest BCUT2D eigenvalue weighted by molar-refractivity contribution is 0.486. The van der Waals surface area contributed by atoms with Crippen LogP contribution in [0.2, 0.25) is 0 Å². The molecule has 0 unspecified atom stereocenters. The molecule has 0 amide bonds. The molecular formula is C9H3F3N2. The summed E-state index contributed by atoms with van der Waals surface area (Å²) >= 11 is 0. The van der Waals surface area contributed by atoms with Crippen molar-refractivity contribution in [2.45, 2.75) is 6.92 Å². The molecule has 0 fully saturated rings. The van der Waals surface area contributed by atoms with Crippen LogP contribution in [0, 0.1) is 47.0 Å². The molecule has 1 aromatic rings. The summed E-state index contributed by atoms with van der Waals surface area (Å²) in [6.45, 7) is 1.11. The van der Waals surface area contributed by atoms with Gasteiger partial charge in [-0.15, -0.1) is 0 Å². The molecule has 1 rings (SSSR count). The van der Waals surface area contributed by atoms with Gasteiger partial charge >= 0.3 is 0 Å². The van der Waals surface area contributed by atoms with E-state index in [0.717, 1.165) is 6.92 Å². The topological polar surface area (TPSA) is 47.6 Å². The average molecular weight is 196 g/mol. The Morgan fingerprint density at radius 1 is 0.857 bits per heavy atom. The summed E-state index contributed by atoms with van der Waals surface area (Å²) in [5.41, 5.74) is -2.07. The van der Waals surface area contributed by atoms with E-state index in [0.29, 0.717) is 0 Å². The Morgan fingerprint density at radius 2 is 1.29 bits per heavy atom. The largest absolute Gasteiger partial charge is 0.205 e. The Balaban J connectivity index is 3.77. The second-order valence-electron chi connectivity index (χ2n) is 2.54. The van der Waals surface area contributed by atoms with Crippen LogP contribution in [0.4, 0.5) is 13.2 Å². The summed E-state index contributed by atoms with van der Waals surface area (Å²) in [6, 6.07) is 2.53. The minimum atomic E-state index is -1.62. The van der Waals surface area contributed by atoms with Crippen LogP contribution in [0.1, 0.15) is 16.7 Å². The predicted octanol–water partition coefficient (Wildman–Crippen LogP) is 2.16. The molecule has 0 heterocycles. The summed E-state index contributed by atoms with van der Waals surface area (Å²) in [4.78, 5) is 0. The quantitative estimate of drug-likeness (QED) is 0.597. The number of halogens is 3. The van der Waals surface area contributed by atoms with Crippen LogP contribution in [0.5, 0.6) is 0 Å². The fourth-order valence-electron chi connectivity index (χ4n) is 1.01. The molecule has 70 valence electrons. The van der Waals surface area contributed by atoms with Gasteiger partial charge in [0, 0.05) is 5.56 Å². The summed E-state index contributed by atoms with van der Waals surface area (Å²) in [6.07, 6.45) is 0. The Hall–Kier alpha value is -2.01. The molecule has 2 nitrogen and oxygen atoms in total. The highest BCUT2D eigenvalue weighted by molar-refractivity contribution is 5.46. The van der Waals surface area contributed by atoms with Gasteiger partial charge in [-0.1, -0.05) is 0 Å². The molecule has 1 aromatic carbocycles. The second kappa shape index (κ2) is 3.39. The van der Waals surface area contributed by atoms with E-state index in [2.05, 4.69) is 0 Å². The zero-order valence-electron chi connectivity index (χ0n) is 7.03. The molecule has 0 aliphatic carbocycles. The lowest BCUT2D eigenvalue weighted by atomic mass is 10.0. The molecule has 0 radical (unpaired) electrons. The lowest BCUT2D eigenvalue weighted by Gasteiger charge is -2.04. The third-order valence-corrected chi connectivity index (χ3v) is 1.78. The smallest absolute Gasteiger partial charge is 0.180 e. The van der Waals surface area contributed by atoms with E-state index in [9.17, 15) is 13.2 Å². The van der Waals surface area contributed by atoms with Crippen molar-refractivity contribution >= 4 is 0 Å². The van der Waals surface area contributed by atoms with Crippen molar-refractivity contribution in [3.05, 3.63) is 34.1 Å². The Kier molecular flexibility index (Phi) is 2.44. The van der Waals surface area contributed by atoms with Gasteiger partial charge in [-0.2, -0.15) is 10.5 Å². The lowest BCUT2D eigenvalue weighted by Crippen LogP contribution is -2.03. The van der Waals surface area contributed by atoms with E-state index in [4.69, 9.17) is 10.5 Å². The van der Waals surface area contributed by atoms with Crippen molar-refractivity contribution in [1.29, 1.82) is 10.5 Å². The maximum atomic E-state index is 13.1. The van der Waals surface area contributed by atoms with E-state index in [1.165, 1.54) is 12.1 Å². The number of nitrogens with zero attached hydrogens (tertiary/aromatic N) is 2. The van der Waals surface area contributed by atoms with Gasteiger partial charge in [0.1, 0.15) is 23.5 Å². The van der Waals surface area contributed by atoms with Crippen molar-refractivity contribution in [1.82, 2.24) is 0 Å². The van der Waals surface area contributed by atoms with Crippen LogP contribution in [-0.2, 0) is 0 Å². The SMILES string of the molecule is Cc1c(F)c(C#N)c(F)c(F)c1C#N. The number of nitriles is 2. The number of hydrogen-bond acceptors (Lipinski definition) is 2. The molecule has 0 saturated carbocycles. The Morgan fingerprint density at radius 3 is 1.71 bits per heavy atom. The average Bonchev–Trinajstić information content (AvgIpc) is 2.17. The molecule has 14 heavy (non-hydrogen) atoms. The first-order valence-corrected chi connectivity index (χ1v) is 3.51. The standard InChI is InChI=1S/C9H3F3N2/c1-4-5(2-13)8(11)9(12)6(3-14)7(4)10/h1H3. The molecule has 0 N–H and O–H groups in total. The van der Waals surface area contributed by atoms with Gasteiger partial charge in [0.2, 0.25) is 0 Å². The van der Waals surface area contributed by atoms with Gasteiger partial charge in [0.05, 0.1) is 5.56 Å². The summed E-state index contributed by atoms with van der Waals surface area (Å²) in [5, 5.41) is 16.7. The van der Waals surface area contributed by atoms with Crippen LogP contribution in [0.3, 0.4) is 0 Å². The molecule has 0 atom stereocenters. The molecule has 0 saturated heterocycles. The van der Waals surface area contributed by atoms with Crippen molar-refractivity contribution in [3.63, 3.8) is 0 Å². The van der Waals surface area contributed by atoms with Gasteiger partial charge < -0.3 is 0 Å². The van der Waals surface area contributed by atoms with E-state index < -0.39 is 28.6 Å². The zero-order valence-corrected chi connectivity index (χ0v) is 7.03. The highest BCUT2D eigenvalue weighted by Crippen LogP contribution is 2.23. The van der Waals surface area contributed by atoms with E-state index in [1.54, 1.807) is 0 Å². The molecule has 0 aromatic heterocycles. The fraction of sp³-hybridized carbons (Fsp3) is 0.111. The van der Waals surface area contributed by atoms with Crippen molar-refractivity contribution in [2.75, 3.05) is 0 Å². The van der Waals surface area contributed by atoms with Gasteiger partial charge in [0.25, 0.3) is 0 Å². The zero-order chi connectivity index (χ0) is 10.9. The van der Waals surface area contributed by atoms with Gasteiger partial charge in [-0.25, -0.2) is 13.2 Å². The summed E-state index contributed by atoms with van der Waals surface area (Å²) in [5.74, 6) is -4.29.